The first kappa shape index (κ1) is 11.0. The SMILES string of the molecule is Cc1ccccc1[S@@](=O)Cc1ccccn1. The molecule has 0 radical (unpaired) electrons. The Bertz CT molecular complexity index is 496. The molecule has 0 aliphatic rings. The van der Waals surface area contributed by atoms with Crippen LogP contribution < -0.4 is 0 Å². The highest BCUT2D eigenvalue weighted by Gasteiger charge is 2.07. The molecule has 3 heteroatoms. The average Bonchev–Trinajstić information content (AvgIpc) is 2.31. The predicted molar refractivity (Wildman–Crippen MR) is 65.5 cm³/mol. The highest BCUT2D eigenvalue weighted by molar-refractivity contribution is 7.84. The first-order chi connectivity index (χ1) is 7.77. The number of nitrogens with zero attached hydrogens (tertiary/aromatic N) is 1. The van der Waals surface area contributed by atoms with E-state index in [9.17, 15) is 4.21 Å². The van der Waals surface area contributed by atoms with Crippen LogP contribution in [0.4, 0.5) is 0 Å². The lowest BCUT2D eigenvalue weighted by Gasteiger charge is -2.04. The van der Waals surface area contributed by atoms with E-state index in [1.54, 1.807) is 6.20 Å². The Hall–Kier alpha value is -1.48. The van der Waals surface area contributed by atoms with Crippen molar-refractivity contribution in [1.82, 2.24) is 4.98 Å². The lowest BCUT2D eigenvalue weighted by atomic mass is 10.2. The van der Waals surface area contributed by atoms with Crippen molar-refractivity contribution in [3.63, 3.8) is 0 Å². The van der Waals surface area contributed by atoms with E-state index < -0.39 is 10.8 Å². The number of rotatable bonds is 3. The van der Waals surface area contributed by atoms with E-state index in [0.717, 1.165) is 16.2 Å². The second kappa shape index (κ2) is 5.03. The molecule has 0 fully saturated rings. The van der Waals surface area contributed by atoms with Crippen molar-refractivity contribution in [1.29, 1.82) is 0 Å². The van der Waals surface area contributed by atoms with Crippen molar-refractivity contribution in [2.24, 2.45) is 0 Å². The molecule has 82 valence electrons. The molecule has 0 spiro atoms. The second-order valence-electron chi connectivity index (χ2n) is 3.58. The number of benzene rings is 1. The number of aromatic nitrogens is 1. The zero-order valence-electron chi connectivity index (χ0n) is 9.09. The Morgan fingerprint density at radius 2 is 1.88 bits per heavy atom. The van der Waals surface area contributed by atoms with E-state index in [1.807, 2.05) is 49.4 Å². The molecular formula is C13H13NOS. The van der Waals surface area contributed by atoms with Gasteiger partial charge in [0.05, 0.1) is 22.2 Å². The summed E-state index contributed by atoms with van der Waals surface area (Å²) in [5, 5.41) is 0. The zero-order valence-corrected chi connectivity index (χ0v) is 9.91. The van der Waals surface area contributed by atoms with Gasteiger partial charge in [0.2, 0.25) is 0 Å². The topological polar surface area (TPSA) is 30.0 Å². The molecule has 0 saturated heterocycles. The molecule has 1 aromatic heterocycles. The number of hydrogen-bond acceptors (Lipinski definition) is 2. The fourth-order valence-electron chi connectivity index (χ4n) is 1.51. The molecule has 2 aromatic rings. The van der Waals surface area contributed by atoms with Gasteiger partial charge in [0.25, 0.3) is 0 Å². The number of hydrogen-bond donors (Lipinski definition) is 0. The summed E-state index contributed by atoms with van der Waals surface area (Å²) < 4.78 is 12.1. The molecule has 0 bridgehead atoms. The van der Waals surface area contributed by atoms with Crippen LogP contribution in [-0.4, -0.2) is 9.19 Å². The fourth-order valence-corrected chi connectivity index (χ4v) is 2.76. The maximum absolute atomic E-state index is 12.1. The average molecular weight is 231 g/mol. The molecule has 0 N–H and O–H groups in total. The van der Waals surface area contributed by atoms with Gasteiger partial charge >= 0.3 is 0 Å². The summed E-state index contributed by atoms with van der Waals surface area (Å²) in [5.41, 5.74) is 1.93. The normalized spacial score (nSPS) is 12.3. The minimum absolute atomic E-state index is 0.478. The Morgan fingerprint density at radius 3 is 2.56 bits per heavy atom. The van der Waals surface area contributed by atoms with Gasteiger partial charge in [-0.15, -0.1) is 0 Å². The van der Waals surface area contributed by atoms with Gasteiger partial charge in [-0.2, -0.15) is 0 Å². The Balaban J connectivity index is 2.19. The first-order valence-electron chi connectivity index (χ1n) is 5.11. The van der Waals surface area contributed by atoms with Crippen LogP contribution in [0, 0.1) is 6.92 Å². The number of aryl methyl sites for hydroxylation is 1. The summed E-state index contributed by atoms with van der Waals surface area (Å²) in [6.45, 7) is 1.98. The van der Waals surface area contributed by atoms with Crippen molar-refractivity contribution >= 4 is 10.8 Å². The van der Waals surface area contributed by atoms with Crippen molar-refractivity contribution in [3.8, 4) is 0 Å². The molecule has 1 atom stereocenters. The minimum Gasteiger partial charge on any atom is -0.260 e. The minimum atomic E-state index is -1.01. The van der Waals surface area contributed by atoms with E-state index in [0.29, 0.717) is 5.75 Å². The van der Waals surface area contributed by atoms with Gasteiger partial charge in [-0.3, -0.25) is 9.19 Å². The summed E-state index contributed by atoms with van der Waals surface area (Å²) in [6.07, 6.45) is 1.73. The van der Waals surface area contributed by atoms with Gasteiger partial charge in [0.15, 0.2) is 0 Å². The molecule has 1 heterocycles. The maximum atomic E-state index is 12.1. The van der Waals surface area contributed by atoms with Crippen LogP contribution in [-0.2, 0) is 16.6 Å². The van der Waals surface area contributed by atoms with E-state index in [-0.39, 0.29) is 0 Å². The third-order valence-electron chi connectivity index (χ3n) is 2.34. The van der Waals surface area contributed by atoms with Gasteiger partial charge in [-0.1, -0.05) is 24.3 Å². The lowest BCUT2D eigenvalue weighted by Crippen LogP contribution is -2.00. The quantitative estimate of drug-likeness (QED) is 0.813. The van der Waals surface area contributed by atoms with Crippen molar-refractivity contribution in [2.75, 3.05) is 0 Å². The Morgan fingerprint density at radius 1 is 1.12 bits per heavy atom. The second-order valence-corrected chi connectivity index (χ2v) is 5.00. The summed E-state index contributed by atoms with van der Waals surface area (Å²) in [5.74, 6) is 0.478. The fraction of sp³-hybridized carbons (Fsp3) is 0.154. The first-order valence-corrected chi connectivity index (χ1v) is 6.43. The molecule has 0 unspecified atom stereocenters. The molecule has 1 aromatic carbocycles. The van der Waals surface area contributed by atoms with Crippen LogP contribution in [0.1, 0.15) is 11.3 Å². The third-order valence-corrected chi connectivity index (χ3v) is 3.85. The molecule has 0 saturated carbocycles. The van der Waals surface area contributed by atoms with Gasteiger partial charge in [0, 0.05) is 11.1 Å². The summed E-state index contributed by atoms with van der Waals surface area (Å²) in [7, 11) is -1.01. The highest BCUT2D eigenvalue weighted by atomic mass is 32.2. The van der Waals surface area contributed by atoms with E-state index in [4.69, 9.17) is 0 Å². The van der Waals surface area contributed by atoms with Crippen LogP contribution >= 0.6 is 0 Å². The Labute approximate surface area is 97.8 Å². The van der Waals surface area contributed by atoms with Gasteiger partial charge in [0.1, 0.15) is 0 Å². The molecule has 0 aliphatic heterocycles. The predicted octanol–water partition coefficient (Wildman–Crippen LogP) is 2.70. The van der Waals surface area contributed by atoms with Crippen LogP contribution in [0.15, 0.2) is 53.6 Å². The van der Waals surface area contributed by atoms with E-state index in [1.165, 1.54) is 0 Å². The largest absolute Gasteiger partial charge is 0.260 e. The van der Waals surface area contributed by atoms with Gasteiger partial charge in [-0.25, -0.2) is 0 Å². The summed E-state index contributed by atoms with van der Waals surface area (Å²) in [6, 6.07) is 13.4. The maximum Gasteiger partial charge on any atom is 0.0705 e. The van der Waals surface area contributed by atoms with Crippen molar-refractivity contribution in [2.45, 2.75) is 17.6 Å². The van der Waals surface area contributed by atoms with Gasteiger partial charge < -0.3 is 0 Å². The summed E-state index contributed by atoms with van der Waals surface area (Å²) >= 11 is 0. The lowest BCUT2D eigenvalue weighted by molar-refractivity contribution is 0.681. The number of pyridine rings is 1. The standard InChI is InChI=1S/C13H13NOS/c1-11-6-2-3-8-13(11)16(15)10-12-7-4-5-9-14-12/h2-9H,10H2,1H3/t16-/m0/s1. The van der Waals surface area contributed by atoms with Crippen LogP contribution in [0.2, 0.25) is 0 Å². The highest BCUT2D eigenvalue weighted by Crippen LogP contribution is 2.15. The monoisotopic (exact) mass is 231 g/mol. The molecule has 0 aliphatic carbocycles. The zero-order chi connectivity index (χ0) is 11.4. The molecular weight excluding hydrogens is 218 g/mol. The molecule has 16 heavy (non-hydrogen) atoms. The van der Waals surface area contributed by atoms with Crippen molar-refractivity contribution in [3.05, 3.63) is 59.9 Å². The van der Waals surface area contributed by atoms with Crippen LogP contribution in [0.3, 0.4) is 0 Å². The van der Waals surface area contributed by atoms with Crippen LogP contribution in [0.25, 0.3) is 0 Å². The van der Waals surface area contributed by atoms with E-state index in [2.05, 4.69) is 4.98 Å². The molecule has 0 amide bonds. The smallest absolute Gasteiger partial charge is 0.0705 e. The summed E-state index contributed by atoms with van der Waals surface area (Å²) in [4.78, 5) is 5.08. The van der Waals surface area contributed by atoms with Gasteiger partial charge in [-0.05, 0) is 30.7 Å². The Kier molecular flexibility index (Phi) is 3.47. The van der Waals surface area contributed by atoms with Crippen LogP contribution in [0.5, 0.6) is 0 Å². The van der Waals surface area contributed by atoms with Crippen molar-refractivity contribution < 1.29 is 4.21 Å². The third kappa shape index (κ3) is 2.55. The molecule has 2 rings (SSSR count). The molecule has 2 nitrogen and oxygen atoms in total. The van der Waals surface area contributed by atoms with E-state index >= 15 is 0 Å².